The number of unbranched alkanes of at least 4 members (excludes halogenated alkanes) is 1. The van der Waals surface area contributed by atoms with Crippen molar-refractivity contribution in [3.63, 3.8) is 0 Å². The molecule has 0 unspecified atom stereocenters. The van der Waals surface area contributed by atoms with Gasteiger partial charge in [0.2, 0.25) is 5.95 Å². The highest BCUT2D eigenvalue weighted by atomic mass is 16.5. The summed E-state index contributed by atoms with van der Waals surface area (Å²) in [6.07, 6.45) is 6.88. The van der Waals surface area contributed by atoms with Gasteiger partial charge in [-0.15, -0.1) is 0 Å². The summed E-state index contributed by atoms with van der Waals surface area (Å²) >= 11 is 0. The Labute approximate surface area is 144 Å². The van der Waals surface area contributed by atoms with Crippen LogP contribution in [-0.4, -0.2) is 23.1 Å². The summed E-state index contributed by atoms with van der Waals surface area (Å²) in [4.78, 5) is 8.26. The van der Waals surface area contributed by atoms with Crippen LogP contribution < -0.4 is 15.8 Å². The number of hydrogen-bond acceptors (Lipinski definition) is 5. The normalized spacial score (nSPS) is 10.6. The number of aryl methyl sites for hydroxylation is 2. The van der Waals surface area contributed by atoms with E-state index in [4.69, 9.17) is 10.5 Å². The maximum atomic E-state index is 5.85. The van der Waals surface area contributed by atoms with Crippen molar-refractivity contribution >= 4 is 11.8 Å². The Hall–Kier alpha value is -2.30. The van der Waals surface area contributed by atoms with Crippen molar-refractivity contribution in [1.82, 2.24) is 9.97 Å². The maximum Gasteiger partial charge on any atom is 0.222 e. The standard InChI is InChI=1S/C19H28N4O/c1-3-5-12-21-18-17(14-22-19(20)23-18)24-13-6-7-16-10-8-15(4-2)9-11-16/h8-11,14H,3-7,12-13H2,1-2H3,(H3,20,21,22,23). The summed E-state index contributed by atoms with van der Waals surface area (Å²) in [5, 5.41) is 3.27. The number of benzene rings is 1. The van der Waals surface area contributed by atoms with Gasteiger partial charge in [-0.1, -0.05) is 44.5 Å². The molecule has 24 heavy (non-hydrogen) atoms. The fourth-order valence-electron chi connectivity index (χ4n) is 2.40. The van der Waals surface area contributed by atoms with Gasteiger partial charge in [0, 0.05) is 6.54 Å². The van der Waals surface area contributed by atoms with Gasteiger partial charge in [0.25, 0.3) is 0 Å². The topological polar surface area (TPSA) is 73.1 Å². The third-order valence-corrected chi connectivity index (χ3v) is 3.90. The van der Waals surface area contributed by atoms with E-state index in [-0.39, 0.29) is 5.95 Å². The second-order valence-electron chi connectivity index (χ2n) is 5.84. The van der Waals surface area contributed by atoms with Gasteiger partial charge >= 0.3 is 0 Å². The van der Waals surface area contributed by atoms with E-state index >= 15 is 0 Å². The van der Waals surface area contributed by atoms with Gasteiger partial charge in [-0.2, -0.15) is 4.98 Å². The smallest absolute Gasteiger partial charge is 0.222 e. The molecule has 0 bridgehead atoms. The highest BCUT2D eigenvalue weighted by molar-refractivity contribution is 5.51. The SMILES string of the molecule is CCCCNc1nc(N)ncc1OCCCc1ccc(CC)cc1. The molecule has 2 rings (SSSR count). The third kappa shape index (κ3) is 5.72. The van der Waals surface area contributed by atoms with Crippen LogP contribution in [0.2, 0.25) is 0 Å². The first-order valence-corrected chi connectivity index (χ1v) is 8.80. The van der Waals surface area contributed by atoms with E-state index < -0.39 is 0 Å². The zero-order chi connectivity index (χ0) is 17.2. The minimum absolute atomic E-state index is 0.261. The summed E-state index contributed by atoms with van der Waals surface area (Å²) in [6.45, 7) is 5.81. The summed E-state index contributed by atoms with van der Waals surface area (Å²) in [5.74, 6) is 1.61. The molecular formula is C19H28N4O. The van der Waals surface area contributed by atoms with Gasteiger partial charge in [-0.05, 0) is 36.8 Å². The van der Waals surface area contributed by atoms with E-state index in [9.17, 15) is 0 Å². The Balaban J connectivity index is 1.82. The lowest BCUT2D eigenvalue weighted by Crippen LogP contribution is -2.09. The van der Waals surface area contributed by atoms with Crippen LogP contribution in [0, 0.1) is 0 Å². The maximum absolute atomic E-state index is 5.85. The molecule has 2 aromatic rings. The molecule has 0 saturated heterocycles. The lowest BCUT2D eigenvalue weighted by atomic mass is 10.1. The fourth-order valence-corrected chi connectivity index (χ4v) is 2.40. The first-order chi connectivity index (χ1) is 11.7. The van der Waals surface area contributed by atoms with Gasteiger partial charge < -0.3 is 15.8 Å². The summed E-state index contributed by atoms with van der Waals surface area (Å²) in [6, 6.07) is 8.78. The van der Waals surface area contributed by atoms with E-state index in [1.54, 1.807) is 6.20 Å². The fraction of sp³-hybridized carbons (Fsp3) is 0.474. The van der Waals surface area contributed by atoms with E-state index in [0.717, 1.165) is 38.6 Å². The van der Waals surface area contributed by atoms with E-state index in [0.29, 0.717) is 18.2 Å². The molecule has 0 aliphatic carbocycles. The zero-order valence-electron chi connectivity index (χ0n) is 14.7. The summed E-state index contributed by atoms with van der Waals surface area (Å²) in [5.41, 5.74) is 8.38. The van der Waals surface area contributed by atoms with Crippen molar-refractivity contribution in [3.05, 3.63) is 41.6 Å². The van der Waals surface area contributed by atoms with Crippen LogP contribution in [-0.2, 0) is 12.8 Å². The highest BCUT2D eigenvalue weighted by Crippen LogP contribution is 2.22. The van der Waals surface area contributed by atoms with Gasteiger partial charge in [-0.3, -0.25) is 0 Å². The molecule has 1 aromatic heterocycles. The van der Waals surface area contributed by atoms with Crippen LogP contribution in [0.3, 0.4) is 0 Å². The Kier molecular flexibility index (Phi) is 7.33. The Morgan fingerprint density at radius 3 is 2.54 bits per heavy atom. The number of ether oxygens (including phenoxy) is 1. The lowest BCUT2D eigenvalue weighted by molar-refractivity contribution is 0.310. The summed E-state index contributed by atoms with van der Waals surface area (Å²) < 4.78 is 5.85. The molecule has 1 heterocycles. The van der Waals surface area contributed by atoms with E-state index in [1.165, 1.54) is 11.1 Å². The number of aromatic nitrogens is 2. The molecule has 0 amide bonds. The number of nitrogens with two attached hydrogens (primary N) is 1. The second-order valence-corrected chi connectivity index (χ2v) is 5.84. The van der Waals surface area contributed by atoms with Crippen LogP contribution >= 0.6 is 0 Å². The van der Waals surface area contributed by atoms with Crippen LogP contribution in [0.1, 0.15) is 44.2 Å². The van der Waals surface area contributed by atoms with Crippen molar-refractivity contribution in [2.75, 3.05) is 24.2 Å². The minimum atomic E-state index is 0.261. The predicted octanol–water partition coefficient (Wildman–Crippen LogP) is 3.84. The largest absolute Gasteiger partial charge is 0.488 e. The quantitative estimate of drug-likeness (QED) is 0.648. The first-order valence-electron chi connectivity index (χ1n) is 8.80. The molecule has 5 nitrogen and oxygen atoms in total. The number of nitrogens with zero attached hydrogens (tertiary/aromatic N) is 2. The molecule has 130 valence electrons. The average molecular weight is 328 g/mol. The van der Waals surface area contributed by atoms with Crippen molar-refractivity contribution in [2.24, 2.45) is 0 Å². The van der Waals surface area contributed by atoms with Crippen molar-refractivity contribution in [3.8, 4) is 5.75 Å². The molecule has 0 saturated carbocycles. The molecule has 0 radical (unpaired) electrons. The Morgan fingerprint density at radius 1 is 1.08 bits per heavy atom. The Bertz CT molecular complexity index is 613. The monoisotopic (exact) mass is 328 g/mol. The number of nitrogen functional groups attached to an aromatic ring is 1. The summed E-state index contributed by atoms with van der Waals surface area (Å²) in [7, 11) is 0. The molecular weight excluding hydrogens is 300 g/mol. The molecule has 5 heteroatoms. The van der Waals surface area contributed by atoms with Crippen LogP contribution in [0.4, 0.5) is 11.8 Å². The first kappa shape index (κ1) is 18.0. The van der Waals surface area contributed by atoms with E-state index in [1.807, 2.05) is 0 Å². The minimum Gasteiger partial charge on any atom is -0.488 e. The van der Waals surface area contributed by atoms with Gasteiger partial charge in [0.1, 0.15) is 0 Å². The number of anilines is 2. The molecule has 0 aliphatic rings. The molecule has 3 N–H and O–H groups in total. The van der Waals surface area contributed by atoms with Crippen LogP contribution in [0.25, 0.3) is 0 Å². The molecule has 0 spiro atoms. The van der Waals surface area contributed by atoms with Gasteiger partial charge in [-0.25, -0.2) is 4.98 Å². The lowest BCUT2D eigenvalue weighted by Gasteiger charge is -2.12. The van der Waals surface area contributed by atoms with Crippen LogP contribution in [0.5, 0.6) is 5.75 Å². The molecule has 1 aromatic carbocycles. The number of hydrogen-bond donors (Lipinski definition) is 2. The number of nitrogens with one attached hydrogen (secondary N) is 1. The number of rotatable bonds is 10. The zero-order valence-corrected chi connectivity index (χ0v) is 14.7. The van der Waals surface area contributed by atoms with Crippen molar-refractivity contribution in [1.29, 1.82) is 0 Å². The third-order valence-electron chi connectivity index (χ3n) is 3.90. The van der Waals surface area contributed by atoms with Crippen molar-refractivity contribution in [2.45, 2.75) is 46.0 Å². The van der Waals surface area contributed by atoms with E-state index in [2.05, 4.69) is 53.4 Å². The van der Waals surface area contributed by atoms with Crippen molar-refractivity contribution < 1.29 is 4.74 Å². The molecule has 0 aliphatic heterocycles. The van der Waals surface area contributed by atoms with Crippen LogP contribution in [0.15, 0.2) is 30.5 Å². The molecule has 0 fully saturated rings. The van der Waals surface area contributed by atoms with Gasteiger partial charge in [0.15, 0.2) is 11.6 Å². The molecule has 0 atom stereocenters. The van der Waals surface area contributed by atoms with Gasteiger partial charge in [0.05, 0.1) is 12.8 Å². The predicted molar refractivity (Wildman–Crippen MR) is 99.5 cm³/mol. The Morgan fingerprint density at radius 2 is 1.83 bits per heavy atom. The second kappa shape index (κ2) is 9.75. The highest BCUT2D eigenvalue weighted by Gasteiger charge is 2.07. The average Bonchev–Trinajstić information content (AvgIpc) is 2.61.